The third-order valence-electron chi connectivity index (χ3n) is 5.46. The molecule has 4 heteroatoms. The molecule has 0 N–H and O–H groups in total. The van der Waals surface area contributed by atoms with Crippen LogP contribution in [-0.4, -0.2) is 49.7 Å². The molecular formula is C24H30N2O2. The number of hydrogen-bond acceptors (Lipinski definition) is 4. The van der Waals surface area contributed by atoms with E-state index in [9.17, 15) is 0 Å². The lowest BCUT2D eigenvalue weighted by Gasteiger charge is -2.26. The SMILES string of the molecule is c1ccc(CC2COC(c3ccc(OCCCN4CCCCC4)cc3)=N2)cc1. The van der Waals surface area contributed by atoms with Gasteiger partial charge in [0.2, 0.25) is 5.90 Å². The van der Waals surface area contributed by atoms with Gasteiger partial charge in [-0.1, -0.05) is 36.8 Å². The summed E-state index contributed by atoms with van der Waals surface area (Å²) in [6, 6.07) is 18.8. The second-order valence-corrected chi connectivity index (χ2v) is 7.72. The van der Waals surface area contributed by atoms with Gasteiger partial charge in [-0.25, -0.2) is 4.99 Å². The molecule has 28 heavy (non-hydrogen) atoms. The van der Waals surface area contributed by atoms with Crippen LogP contribution in [-0.2, 0) is 11.2 Å². The minimum absolute atomic E-state index is 0.197. The molecule has 0 saturated carbocycles. The van der Waals surface area contributed by atoms with Crippen LogP contribution in [0.1, 0.15) is 36.8 Å². The van der Waals surface area contributed by atoms with Crippen molar-refractivity contribution in [2.24, 2.45) is 4.99 Å². The minimum atomic E-state index is 0.197. The molecule has 1 saturated heterocycles. The highest BCUT2D eigenvalue weighted by atomic mass is 16.5. The van der Waals surface area contributed by atoms with E-state index in [1.54, 1.807) is 0 Å². The van der Waals surface area contributed by atoms with Gasteiger partial charge in [0.25, 0.3) is 0 Å². The number of likely N-dealkylation sites (tertiary alicyclic amines) is 1. The summed E-state index contributed by atoms with van der Waals surface area (Å²) < 4.78 is 11.7. The maximum atomic E-state index is 5.91. The van der Waals surface area contributed by atoms with Crippen LogP contribution < -0.4 is 4.74 Å². The first kappa shape index (κ1) is 19.0. The molecule has 2 aromatic carbocycles. The zero-order chi connectivity index (χ0) is 19.0. The summed E-state index contributed by atoms with van der Waals surface area (Å²) in [5.74, 6) is 1.67. The first-order valence-corrected chi connectivity index (χ1v) is 10.6. The highest BCUT2D eigenvalue weighted by molar-refractivity contribution is 5.95. The molecule has 1 unspecified atom stereocenters. The predicted molar refractivity (Wildman–Crippen MR) is 113 cm³/mol. The van der Waals surface area contributed by atoms with Crippen molar-refractivity contribution in [1.82, 2.24) is 4.90 Å². The maximum Gasteiger partial charge on any atom is 0.216 e. The Hall–Kier alpha value is -2.33. The summed E-state index contributed by atoms with van der Waals surface area (Å²) in [7, 11) is 0. The molecular weight excluding hydrogens is 348 g/mol. The Balaban J connectivity index is 1.23. The maximum absolute atomic E-state index is 5.91. The van der Waals surface area contributed by atoms with Crippen LogP contribution in [0.15, 0.2) is 59.6 Å². The van der Waals surface area contributed by atoms with Gasteiger partial charge in [0.1, 0.15) is 12.4 Å². The van der Waals surface area contributed by atoms with E-state index < -0.39 is 0 Å². The monoisotopic (exact) mass is 378 g/mol. The average Bonchev–Trinajstić information content (AvgIpc) is 3.22. The number of hydrogen-bond donors (Lipinski definition) is 0. The summed E-state index contributed by atoms with van der Waals surface area (Å²) in [6.07, 6.45) is 6.09. The van der Waals surface area contributed by atoms with E-state index in [4.69, 9.17) is 14.5 Å². The van der Waals surface area contributed by atoms with Gasteiger partial charge >= 0.3 is 0 Å². The third kappa shape index (κ3) is 5.35. The molecule has 4 nitrogen and oxygen atoms in total. The highest BCUT2D eigenvalue weighted by Gasteiger charge is 2.20. The molecule has 0 amide bonds. The van der Waals surface area contributed by atoms with Gasteiger partial charge < -0.3 is 14.4 Å². The predicted octanol–water partition coefficient (Wildman–Crippen LogP) is 4.33. The summed E-state index contributed by atoms with van der Waals surface area (Å²) in [5.41, 5.74) is 2.32. The zero-order valence-corrected chi connectivity index (χ0v) is 16.6. The molecule has 0 bridgehead atoms. The van der Waals surface area contributed by atoms with Crippen LogP contribution >= 0.6 is 0 Å². The number of nitrogens with zero attached hydrogens (tertiary/aromatic N) is 2. The first-order chi connectivity index (χ1) is 13.9. The number of benzene rings is 2. The normalized spacial score (nSPS) is 19.9. The van der Waals surface area contributed by atoms with E-state index in [1.165, 1.54) is 37.9 Å². The molecule has 0 spiro atoms. The molecule has 0 aliphatic carbocycles. The molecule has 4 rings (SSSR count). The summed E-state index contributed by atoms with van der Waals surface area (Å²) >= 11 is 0. The van der Waals surface area contributed by atoms with Crippen molar-refractivity contribution in [2.45, 2.75) is 38.1 Å². The van der Waals surface area contributed by atoms with Gasteiger partial charge in [-0.3, -0.25) is 0 Å². The second kappa shape index (κ2) is 9.74. The smallest absolute Gasteiger partial charge is 0.216 e. The van der Waals surface area contributed by atoms with Crippen LogP contribution in [0.3, 0.4) is 0 Å². The number of ether oxygens (including phenoxy) is 2. The highest BCUT2D eigenvalue weighted by Crippen LogP contribution is 2.19. The molecule has 2 heterocycles. The van der Waals surface area contributed by atoms with E-state index in [1.807, 2.05) is 30.3 Å². The third-order valence-corrected chi connectivity index (χ3v) is 5.46. The Morgan fingerprint density at radius 2 is 1.75 bits per heavy atom. The summed E-state index contributed by atoms with van der Waals surface area (Å²) in [6.45, 7) is 5.07. The van der Waals surface area contributed by atoms with Crippen molar-refractivity contribution in [3.8, 4) is 5.75 Å². The topological polar surface area (TPSA) is 34.1 Å². The van der Waals surface area contributed by atoms with Crippen molar-refractivity contribution in [1.29, 1.82) is 0 Å². The van der Waals surface area contributed by atoms with Crippen LogP contribution in [0.4, 0.5) is 0 Å². The molecule has 148 valence electrons. The number of piperidine rings is 1. The van der Waals surface area contributed by atoms with Crippen LogP contribution in [0, 0.1) is 0 Å². The van der Waals surface area contributed by atoms with Crippen molar-refractivity contribution >= 4 is 5.90 Å². The van der Waals surface area contributed by atoms with Crippen molar-refractivity contribution in [2.75, 3.05) is 32.8 Å². The fourth-order valence-electron chi connectivity index (χ4n) is 3.92. The van der Waals surface area contributed by atoms with Crippen molar-refractivity contribution < 1.29 is 9.47 Å². The summed E-state index contributed by atoms with van der Waals surface area (Å²) in [4.78, 5) is 7.31. The van der Waals surface area contributed by atoms with Crippen LogP contribution in [0.25, 0.3) is 0 Å². The lowest BCUT2D eigenvalue weighted by molar-refractivity contribution is 0.205. The summed E-state index contributed by atoms with van der Waals surface area (Å²) in [5, 5.41) is 0. The number of rotatable bonds is 8. The van der Waals surface area contributed by atoms with E-state index in [-0.39, 0.29) is 6.04 Å². The van der Waals surface area contributed by atoms with Gasteiger partial charge in [0.05, 0.1) is 12.6 Å². The van der Waals surface area contributed by atoms with Gasteiger partial charge in [-0.15, -0.1) is 0 Å². The molecule has 2 aromatic rings. The standard InChI is InChI=1S/C24H30N2O2/c1-3-8-20(9-4-1)18-22-19-28-24(25-22)21-10-12-23(13-11-21)27-17-7-16-26-14-5-2-6-15-26/h1,3-4,8-13,22H,2,5-7,14-19H2. The molecule has 2 aliphatic rings. The molecule has 1 fully saturated rings. The fraction of sp³-hybridized carbons (Fsp3) is 0.458. The largest absolute Gasteiger partial charge is 0.494 e. The number of aliphatic imine (C=N–C) groups is 1. The lowest BCUT2D eigenvalue weighted by Crippen LogP contribution is -2.31. The van der Waals surface area contributed by atoms with Gasteiger partial charge in [0.15, 0.2) is 0 Å². The Bertz CT molecular complexity index is 752. The first-order valence-electron chi connectivity index (χ1n) is 10.6. The fourth-order valence-corrected chi connectivity index (χ4v) is 3.92. The van der Waals surface area contributed by atoms with Gasteiger partial charge in [-0.2, -0.15) is 0 Å². The lowest BCUT2D eigenvalue weighted by atomic mass is 10.1. The van der Waals surface area contributed by atoms with E-state index in [0.29, 0.717) is 6.61 Å². The Morgan fingerprint density at radius 3 is 2.54 bits per heavy atom. The van der Waals surface area contributed by atoms with Gasteiger partial charge in [0, 0.05) is 12.1 Å². The minimum Gasteiger partial charge on any atom is -0.494 e. The van der Waals surface area contributed by atoms with Gasteiger partial charge in [-0.05, 0) is 68.6 Å². The second-order valence-electron chi connectivity index (χ2n) is 7.72. The van der Waals surface area contributed by atoms with Crippen LogP contribution in [0.2, 0.25) is 0 Å². The Labute approximate surface area is 168 Å². The zero-order valence-electron chi connectivity index (χ0n) is 16.6. The average molecular weight is 379 g/mol. The quantitative estimate of drug-likeness (QED) is 0.641. The Kier molecular flexibility index (Phi) is 6.61. The molecule has 2 aliphatic heterocycles. The van der Waals surface area contributed by atoms with E-state index in [0.717, 1.165) is 43.2 Å². The Morgan fingerprint density at radius 1 is 0.964 bits per heavy atom. The molecule has 0 aromatic heterocycles. The van der Waals surface area contributed by atoms with Crippen molar-refractivity contribution in [3.63, 3.8) is 0 Å². The molecule has 0 radical (unpaired) electrons. The van der Waals surface area contributed by atoms with E-state index in [2.05, 4.69) is 29.2 Å². The van der Waals surface area contributed by atoms with Crippen LogP contribution in [0.5, 0.6) is 5.75 Å². The van der Waals surface area contributed by atoms with E-state index >= 15 is 0 Å². The molecule has 1 atom stereocenters. The van der Waals surface area contributed by atoms with Crippen molar-refractivity contribution in [3.05, 3.63) is 65.7 Å².